The Bertz CT molecular complexity index is 342. The van der Waals surface area contributed by atoms with Crippen molar-refractivity contribution in [2.75, 3.05) is 26.2 Å². The van der Waals surface area contributed by atoms with Crippen LogP contribution in [0.5, 0.6) is 0 Å². The van der Waals surface area contributed by atoms with E-state index in [0.29, 0.717) is 19.6 Å². The monoisotopic (exact) mass is 257 g/mol. The number of piperidine rings is 1. The van der Waals surface area contributed by atoms with E-state index >= 15 is 0 Å². The Morgan fingerprint density at radius 3 is 2.89 bits per heavy atom. The van der Waals surface area contributed by atoms with E-state index in [4.69, 9.17) is 0 Å². The van der Waals surface area contributed by atoms with E-state index in [2.05, 4.69) is 10.6 Å². The Morgan fingerprint density at radius 1 is 1.50 bits per heavy atom. The summed E-state index contributed by atoms with van der Waals surface area (Å²) in [5.41, 5.74) is -1.75. The lowest BCUT2D eigenvalue weighted by molar-refractivity contribution is -0.144. The molecule has 102 valence electrons. The van der Waals surface area contributed by atoms with E-state index in [1.807, 2.05) is 0 Å². The summed E-state index contributed by atoms with van der Waals surface area (Å²) in [5.74, 6) is -0.533. The van der Waals surface area contributed by atoms with Gasteiger partial charge in [0.15, 0.2) is 0 Å². The van der Waals surface area contributed by atoms with E-state index in [0.717, 1.165) is 12.8 Å². The van der Waals surface area contributed by atoms with E-state index in [1.165, 1.54) is 6.92 Å². The third-order valence-electron chi connectivity index (χ3n) is 3.60. The molecule has 6 heteroatoms. The van der Waals surface area contributed by atoms with Gasteiger partial charge in [-0.05, 0) is 19.4 Å². The van der Waals surface area contributed by atoms with Crippen molar-refractivity contribution < 1.29 is 14.0 Å². The van der Waals surface area contributed by atoms with Gasteiger partial charge in [-0.2, -0.15) is 0 Å². The fourth-order valence-electron chi connectivity index (χ4n) is 2.69. The highest BCUT2D eigenvalue weighted by atomic mass is 19.1. The molecule has 2 aliphatic heterocycles. The maximum Gasteiger partial charge on any atom is 0.261 e. The molecule has 2 saturated heterocycles. The zero-order valence-electron chi connectivity index (χ0n) is 10.7. The van der Waals surface area contributed by atoms with Crippen LogP contribution in [-0.4, -0.2) is 54.6 Å². The van der Waals surface area contributed by atoms with Gasteiger partial charge in [-0.1, -0.05) is 0 Å². The molecular formula is C12H20FN3O2. The summed E-state index contributed by atoms with van der Waals surface area (Å²) in [6, 6.07) is -0.0434. The number of carbonyl (C=O) groups is 2. The number of carbonyl (C=O) groups excluding carboxylic acids is 2. The third kappa shape index (κ3) is 2.80. The van der Waals surface area contributed by atoms with Gasteiger partial charge in [0, 0.05) is 39.0 Å². The molecule has 2 rings (SSSR count). The van der Waals surface area contributed by atoms with E-state index in [1.54, 1.807) is 4.90 Å². The second kappa shape index (κ2) is 5.22. The lowest BCUT2D eigenvalue weighted by Crippen LogP contribution is -2.55. The van der Waals surface area contributed by atoms with Crippen molar-refractivity contribution in [3.63, 3.8) is 0 Å². The normalized spacial score (nSPS) is 32.3. The SMILES string of the molecule is CC(=O)N[C@H]1CCCN(C(=O)[C@@]2(F)CCNC2)C1. The molecule has 2 N–H and O–H groups in total. The molecule has 2 atom stereocenters. The van der Waals surface area contributed by atoms with Crippen LogP contribution >= 0.6 is 0 Å². The standard InChI is InChI=1S/C12H20FN3O2/c1-9(17)15-10-3-2-6-16(7-10)11(18)12(13)4-5-14-8-12/h10,14H,2-8H2,1H3,(H,15,17)/t10-,12+/m0/s1. The topological polar surface area (TPSA) is 61.4 Å². The first kappa shape index (κ1) is 13.3. The van der Waals surface area contributed by atoms with Crippen molar-refractivity contribution in [3.8, 4) is 0 Å². The van der Waals surface area contributed by atoms with E-state index in [-0.39, 0.29) is 24.9 Å². The van der Waals surface area contributed by atoms with Crippen molar-refractivity contribution >= 4 is 11.8 Å². The van der Waals surface area contributed by atoms with Crippen molar-refractivity contribution in [1.82, 2.24) is 15.5 Å². The van der Waals surface area contributed by atoms with E-state index in [9.17, 15) is 14.0 Å². The fourth-order valence-corrected chi connectivity index (χ4v) is 2.69. The quantitative estimate of drug-likeness (QED) is 0.721. The van der Waals surface area contributed by atoms with Crippen LogP contribution in [0.1, 0.15) is 26.2 Å². The molecule has 0 spiro atoms. The zero-order valence-corrected chi connectivity index (χ0v) is 10.7. The molecule has 2 amide bonds. The molecule has 5 nitrogen and oxygen atoms in total. The van der Waals surface area contributed by atoms with E-state index < -0.39 is 11.6 Å². The molecule has 0 radical (unpaired) electrons. The van der Waals surface area contributed by atoms with Gasteiger partial charge in [-0.25, -0.2) is 4.39 Å². The smallest absolute Gasteiger partial charge is 0.261 e. The summed E-state index contributed by atoms with van der Waals surface area (Å²) in [6.45, 7) is 3.11. The second-order valence-electron chi connectivity index (χ2n) is 5.18. The molecular weight excluding hydrogens is 237 g/mol. The molecule has 0 aliphatic carbocycles. The minimum Gasteiger partial charge on any atom is -0.352 e. The number of halogens is 1. The van der Waals surface area contributed by atoms with Crippen molar-refractivity contribution in [2.45, 2.75) is 37.9 Å². The summed E-state index contributed by atoms with van der Waals surface area (Å²) < 4.78 is 14.3. The molecule has 2 heterocycles. The summed E-state index contributed by atoms with van der Waals surface area (Å²) in [6.07, 6.45) is 1.90. The highest BCUT2D eigenvalue weighted by Gasteiger charge is 2.44. The van der Waals surface area contributed by atoms with Gasteiger partial charge < -0.3 is 15.5 Å². The van der Waals surface area contributed by atoms with Crippen molar-refractivity contribution in [2.24, 2.45) is 0 Å². The number of hydrogen-bond acceptors (Lipinski definition) is 3. The highest BCUT2D eigenvalue weighted by Crippen LogP contribution is 2.24. The highest BCUT2D eigenvalue weighted by molar-refractivity contribution is 5.86. The summed E-state index contributed by atoms with van der Waals surface area (Å²) in [7, 11) is 0. The first-order valence-corrected chi connectivity index (χ1v) is 6.47. The van der Waals surface area contributed by atoms with Crippen molar-refractivity contribution in [3.05, 3.63) is 0 Å². The summed E-state index contributed by atoms with van der Waals surface area (Å²) in [5, 5.41) is 5.68. The minimum absolute atomic E-state index is 0.0434. The minimum atomic E-state index is -1.75. The average Bonchev–Trinajstić information content (AvgIpc) is 2.76. The van der Waals surface area contributed by atoms with Gasteiger partial charge in [0.1, 0.15) is 0 Å². The number of rotatable bonds is 2. The third-order valence-corrected chi connectivity index (χ3v) is 3.60. The van der Waals surface area contributed by atoms with Crippen molar-refractivity contribution in [1.29, 1.82) is 0 Å². The lowest BCUT2D eigenvalue weighted by Gasteiger charge is -2.35. The molecule has 0 unspecified atom stereocenters. The Labute approximate surface area is 106 Å². The number of hydrogen-bond donors (Lipinski definition) is 2. The first-order valence-electron chi connectivity index (χ1n) is 6.47. The molecule has 0 aromatic carbocycles. The first-order chi connectivity index (χ1) is 8.51. The second-order valence-corrected chi connectivity index (χ2v) is 5.18. The van der Waals surface area contributed by atoms with Crippen LogP contribution in [0.2, 0.25) is 0 Å². The number of amides is 2. The Balaban J connectivity index is 1.95. The predicted octanol–water partition coefficient (Wildman–Crippen LogP) is -0.185. The molecule has 18 heavy (non-hydrogen) atoms. The van der Waals surface area contributed by atoms with Gasteiger partial charge in [0.05, 0.1) is 0 Å². The fraction of sp³-hybridized carbons (Fsp3) is 0.833. The van der Waals surface area contributed by atoms with Gasteiger partial charge in [-0.3, -0.25) is 9.59 Å². The molecule has 2 fully saturated rings. The summed E-state index contributed by atoms with van der Waals surface area (Å²) >= 11 is 0. The van der Waals surface area contributed by atoms with Gasteiger partial charge in [0.2, 0.25) is 11.6 Å². The Morgan fingerprint density at radius 2 is 2.28 bits per heavy atom. The lowest BCUT2D eigenvalue weighted by atomic mass is 9.99. The molecule has 0 bridgehead atoms. The van der Waals surface area contributed by atoms with Crippen LogP contribution in [0.4, 0.5) is 4.39 Å². The molecule has 0 aromatic heterocycles. The van der Waals surface area contributed by atoms with Crippen LogP contribution in [0, 0.1) is 0 Å². The average molecular weight is 257 g/mol. The van der Waals surface area contributed by atoms with Gasteiger partial charge in [-0.15, -0.1) is 0 Å². The largest absolute Gasteiger partial charge is 0.352 e. The number of nitrogens with zero attached hydrogens (tertiary/aromatic N) is 1. The predicted molar refractivity (Wildman–Crippen MR) is 64.7 cm³/mol. The van der Waals surface area contributed by atoms with Crippen LogP contribution in [0.15, 0.2) is 0 Å². The number of nitrogens with one attached hydrogen (secondary N) is 2. The van der Waals surface area contributed by atoms with Gasteiger partial charge in [0.25, 0.3) is 5.91 Å². The van der Waals surface area contributed by atoms with Gasteiger partial charge >= 0.3 is 0 Å². The zero-order chi connectivity index (χ0) is 13.2. The van der Waals surface area contributed by atoms with Crippen LogP contribution in [-0.2, 0) is 9.59 Å². The maximum atomic E-state index is 14.3. The Hall–Kier alpha value is -1.17. The number of likely N-dealkylation sites (tertiary alicyclic amines) is 1. The number of alkyl halides is 1. The molecule has 0 aromatic rings. The molecule has 2 aliphatic rings. The summed E-state index contributed by atoms with van der Waals surface area (Å²) in [4.78, 5) is 24.7. The Kier molecular flexibility index (Phi) is 3.85. The molecule has 0 saturated carbocycles. The van der Waals surface area contributed by atoms with Crippen LogP contribution < -0.4 is 10.6 Å². The van der Waals surface area contributed by atoms with Crippen LogP contribution in [0.3, 0.4) is 0 Å². The maximum absolute atomic E-state index is 14.3. The van der Waals surface area contributed by atoms with Crippen LogP contribution in [0.25, 0.3) is 0 Å².